The second kappa shape index (κ2) is 6.09. The summed E-state index contributed by atoms with van der Waals surface area (Å²) in [4.78, 5) is 11.2. The van der Waals surface area contributed by atoms with Gasteiger partial charge < -0.3 is 19.8 Å². The highest BCUT2D eigenvalue weighted by Gasteiger charge is 2.41. The first kappa shape index (κ1) is 15.8. The summed E-state index contributed by atoms with van der Waals surface area (Å²) in [5.74, 6) is 2.00. The molecule has 2 atom stereocenters. The van der Waals surface area contributed by atoms with Crippen molar-refractivity contribution in [2.45, 2.75) is 31.4 Å². The molecule has 0 bridgehead atoms. The Balaban J connectivity index is 1.39. The molecule has 7 nitrogen and oxygen atoms in total. The van der Waals surface area contributed by atoms with Gasteiger partial charge in [0.2, 0.25) is 0 Å². The van der Waals surface area contributed by atoms with E-state index in [9.17, 15) is 0 Å². The average molecular weight is 353 g/mol. The molecule has 1 saturated carbocycles. The molecule has 136 valence electrons. The van der Waals surface area contributed by atoms with Crippen molar-refractivity contribution in [2.75, 3.05) is 31.2 Å². The molecule has 3 heterocycles. The number of allylic oxidation sites excluding steroid dienone is 1. The summed E-state index contributed by atoms with van der Waals surface area (Å²) in [5.41, 5.74) is 5.04. The van der Waals surface area contributed by atoms with E-state index in [1.54, 1.807) is 6.33 Å². The van der Waals surface area contributed by atoms with Gasteiger partial charge in [-0.05, 0) is 31.9 Å². The van der Waals surface area contributed by atoms with Crippen molar-refractivity contribution >= 4 is 11.5 Å². The minimum Gasteiger partial charge on any atom is -0.488 e. The van der Waals surface area contributed by atoms with Crippen LogP contribution in [0.1, 0.15) is 25.5 Å². The molecule has 26 heavy (non-hydrogen) atoms. The van der Waals surface area contributed by atoms with Crippen LogP contribution < -0.4 is 10.3 Å². The number of hydrogen-bond acceptors (Lipinski definition) is 7. The number of fused-ring (bicyclic) bond motifs is 1. The van der Waals surface area contributed by atoms with Gasteiger partial charge in [-0.25, -0.2) is 9.97 Å². The lowest BCUT2D eigenvalue weighted by molar-refractivity contribution is 0.117. The number of aromatic nitrogens is 2. The van der Waals surface area contributed by atoms with Gasteiger partial charge in [-0.15, -0.1) is 0 Å². The number of nitrogens with zero attached hydrogens (tertiary/aromatic N) is 4. The first-order chi connectivity index (χ1) is 12.7. The van der Waals surface area contributed by atoms with Gasteiger partial charge in [0.1, 0.15) is 23.5 Å². The van der Waals surface area contributed by atoms with E-state index < -0.39 is 0 Å². The van der Waals surface area contributed by atoms with Crippen LogP contribution in [0.3, 0.4) is 0 Å². The lowest BCUT2D eigenvalue weighted by Crippen LogP contribution is -2.37. The Morgan fingerprint density at radius 1 is 1.27 bits per heavy atom. The van der Waals surface area contributed by atoms with Crippen LogP contribution >= 0.6 is 0 Å². The van der Waals surface area contributed by atoms with E-state index in [0.29, 0.717) is 0 Å². The lowest BCUT2D eigenvalue weighted by atomic mass is 9.90. The number of rotatable bonds is 4. The van der Waals surface area contributed by atoms with Crippen molar-refractivity contribution < 1.29 is 9.47 Å². The highest BCUT2D eigenvalue weighted by Crippen LogP contribution is 2.41. The third-order valence-corrected chi connectivity index (χ3v) is 5.42. The van der Waals surface area contributed by atoms with Crippen LogP contribution in [-0.4, -0.2) is 53.6 Å². The van der Waals surface area contributed by atoms with E-state index in [-0.39, 0.29) is 17.6 Å². The fourth-order valence-corrected chi connectivity index (χ4v) is 3.56. The van der Waals surface area contributed by atoms with Crippen molar-refractivity contribution in [2.24, 2.45) is 11.0 Å². The number of ether oxygens (including phenoxy) is 2. The minimum absolute atomic E-state index is 0.0186. The quantitative estimate of drug-likeness (QED) is 0.887. The molecule has 1 aromatic rings. The molecule has 1 aromatic heterocycles. The maximum absolute atomic E-state index is 6.14. The molecular formula is C19H23N5O2. The van der Waals surface area contributed by atoms with E-state index in [1.807, 2.05) is 6.07 Å². The second-order valence-electron chi connectivity index (χ2n) is 7.52. The SMILES string of the molecule is CC1(OC2=CC3C(c4cc(N5CCOCC5)ncn4)=NNC3C=C2)CC1. The van der Waals surface area contributed by atoms with Crippen LogP contribution in [0.15, 0.2) is 41.5 Å². The topological polar surface area (TPSA) is 71.9 Å². The first-order valence-electron chi connectivity index (χ1n) is 9.27. The van der Waals surface area contributed by atoms with Crippen molar-refractivity contribution in [1.82, 2.24) is 15.4 Å². The van der Waals surface area contributed by atoms with Gasteiger partial charge in [-0.1, -0.05) is 6.08 Å². The molecule has 2 unspecified atom stereocenters. The zero-order chi connectivity index (χ0) is 17.6. The van der Waals surface area contributed by atoms with E-state index in [4.69, 9.17) is 9.47 Å². The molecule has 2 fully saturated rings. The zero-order valence-electron chi connectivity index (χ0n) is 14.9. The zero-order valence-corrected chi connectivity index (χ0v) is 14.9. The smallest absolute Gasteiger partial charge is 0.132 e. The number of anilines is 1. The van der Waals surface area contributed by atoms with Crippen LogP contribution in [0.5, 0.6) is 0 Å². The number of nitrogens with one attached hydrogen (secondary N) is 1. The monoisotopic (exact) mass is 353 g/mol. The van der Waals surface area contributed by atoms with Crippen LogP contribution in [0.2, 0.25) is 0 Å². The summed E-state index contributed by atoms with van der Waals surface area (Å²) < 4.78 is 11.6. The lowest BCUT2D eigenvalue weighted by Gasteiger charge is -2.28. The van der Waals surface area contributed by atoms with Crippen LogP contribution in [-0.2, 0) is 9.47 Å². The Hall–Kier alpha value is -2.41. The molecule has 2 aliphatic carbocycles. The molecular weight excluding hydrogens is 330 g/mol. The van der Waals surface area contributed by atoms with E-state index in [0.717, 1.165) is 62.1 Å². The van der Waals surface area contributed by atoms with Crippen molar-refractivity contribution in [3.8, 4) is 0 Å². The minimum atomic E-state index is 0.0186. The number of hydrazone groups is 1. The van der Waals surface area contributed by atoms with Crippen LogP contribution in [0.25, 0.3) is 0 Å². The summed E-state index contributed by atoms with van der Waals surface area (Å²) >= 11 is 0. The second-order valence-corrected chi connectivity index (χ2v) is 7.52. The van der Waals surface area contributed by atoms with Gasteiger partial charge in [0.05, 0.1) is 36.6 Å². The molecule has 0 amide bonds. The Bertz CT molecular complexity index is 793. The molecule has 4 aliphatic rings. The Morgan fingerprint density at radius 2 is 2.12 bits per heavy atom. The Labute approximate surface area is 152 Å². The van der Waals surface area contributed by atoms with Gasteiger partial charge >= 0.3 is 0 Å². The van der Waals surface area contributed by atoms with Crippen LogP contribution in [0.4, 0.5) is 5.82 Å². The van der Waals surface area contributed by atoms with Crippen molar-refractivity contribution in [1.29, 1.82) is 0 Å². The van der Waals surface area contributed by atoms with Gasteiger partial charge in [0, 0.05) is 19.2 Å². The number of hydrogen-bond donors (Lipinski definition) is 1. The predicted molar refractivity (Wildman–Crippen MR) is 98.0 cm³/mol. The van der Waals surface area contributed by atoms with E-state index in [2.05, 4.69) is 50.5 Å². The average Bonchev–Trinajstić information content (AvgIpc) is 3.25. The normalized spacial score (nSPS) is 28.7. The maximum atomic E-state index is 6.14. The molecule has 0 radical (unpaired) electrons. The summed E-state index contributed by atoms with van der Waals surface area (Å²) in [5, 5.41) is 4.57. The van der Waals surface area contributed by atoms with Gasteiger partial charge in [0.25, 0.3) is 0 Å². The molecule has 1 N–H and O–H groups in total. The summed E-state index contributed by atoms with van der Waals surface area (Å²) in [6, 6.07) is 2.19. The molecule has 0 aromatic carbocycles. The summed E-state index contributed by atoms with van der Waals surface area (Å²) in [6.07, 6.45) is 10.2. The molecule has 5 rings (SSSR count). The first-order valence-corrected chi connectivity index (χ1v) is 9.27. The highest BCUT2D eigenvalue weighted by molar-refractivity contribution is 6.04. The molecule has 7 heteroatoms. The van der Waals surface area contributed by atoms with Gasteiger partial charge in [-0.2, -0.15) is 5.10 Å². The van der Waals surface area contributed by atoms with E-state index >= 15 is 0 Å². The summed E-state index contributed by atoms with van der Waals surface area (Å²) in [6.45, 7) is 5.34. The van der Waals surface area contributed by atoms with E-state index in [1.165, 1.54) is 0 Å². The third kappa shape index (κ3) is 2.96. The Morgan fingerprint density at radius 3 is 2.92 bits per heavy atom. The Kier molecular flexibility index (Phi) is 3.70. The van der Waals surface area contributed by atoms with Gasteiger partial charge in [-0.3, -0.25) is 0 Å². The third-order valence-electron chi connectivity index (χ3n) is 5.42. The van der Waals surface area contributed by atoms with Crippen molar-refractivity contribution in [3.05, 3.63) is 42.1 Å². The molecule has 0 spiro atoms. The standard InChI is InChI=1S/C19H23N5O2/c1-19(4-5-19)26-13-2-3-15-14(10-13)18(23-22-15)16-11-17(21-12-20-16)24-6-8-25-9-7-24/h2-3,10-12,14-15,22H,4-9H2,1H3. The summed E-state index contributed by atoms with van der Waals surface area (Å²) in [7, 11) is 0. The number of morpholine rings is 1. The van der Waals surface area contributed by atoms with Crippen molar-refractivity contribution in [3.63, 3.8) is 0 Å². The predicted octanol–water partition coefficient (Wildman–Crippen LogP) is 1.63. The highest BCUT2D eigenvalue weighted by atomic mass is 16.5. The maximum Gasteiger partial charge on any atom is 0.132 e. The molecule has 1 saturated heterocycles. The van der Waals surface area contributed by atoms with Crippen LogP contribution in [0, 0.1) is 5.92 Å². The fourth-order valence-electron chi connectivity index (χ4n) is 3.56. The largest absolute Gasteiger partial charge is 0.488 e. The van der Waals surface area contributed by atoms with Gasteiger partial charge in [0.15, 0.2) is 0 Å². The fraction of sp³-hybridized carbons (Fsp3) is 0.526. The molecule has 2 aliphatic heterocycles.